The number of hydrogen-bond acceptors (Lipinski definition) is 2. The van der Waals surface area contributed by atoms with Crippen LogP contribution in [0, 0.1) is 0 Å². The Morgan fingerprint density at radius 3 is 1.42 bits per heavy atom. The number of rotatable bonds is 14. The average molecular weight is 269 g/mol. The minimum absolute atomic E-state index is 0.586. The maximum Gasteiger partial charge on any atom is 0.119 e. The van der Waals surface area contributed by atoms with Crippen molar-refractivity contribution >= 4 is 5.84 Å². The molecule has 0 amide bonds. The highest BCUT2D eigenvalue weighted by Gasteiger charge is 1.95. The molecule has 0 unspecified atom stereocenters. The molecular formula is C16H35N3. The van der Waals surface area contributed by atoms with Gasteiger partial charge < -0.3 is 11.6 Å². The van der Waals surface area contributed by atoms with Crippen molar-refractivity contribution in [2.45, 2.75) is 96.8 Å². The third-order valence-corrected chi connectivity index (χ3v) is 3.70. The van der Waals surface area contributed by atoms with E-state index in [1.807, 2.05) is 0 Å². The van der Waals surface area contributed by atoms with E-state index in [0.29, 0.717) is 5.84 Å². The van der Waals surface area contributed by atoms with Crippen molar-refractivity contribution in [1.82, 2.24) is 0 Å². The molecular weight excluding hydrogens is 234 g/mol. The third-order valence-electron chi connectivity index (χ3n) is 3.70. The Morgan fingerprint density at radius 1 is 0.684 bits per heavy atom. The van der Waals surface area contributed by atoms with Crippen molar-refractivity contribution in [3.63, 3.8) is 0 Å². The molecule has 4 N–H and O–H groups in total. The average Bonchev–Trinajstić information content (AvgIpc) is 2.43. The summed E-state index contributed by atoms with van der Waals surface area (Å²) in [6.07, 6.45) is 18.7. The fraction of sp³-hybridized carbons (Fsp3) is 0.938. The molecule has 0 aromatic rings. The van der Waals surface area contributed by atoms with Gasteiger partial charge in [0.15, 0.2) is 0 Å². The third kappa shape index (κ3) is 15.2. The van der Waals surface area contributed by atoms with Gasteiger partial charge in [-0.1, -0.05) is 84.0 Å². The van der Waals surface area contributed by atoms with Crippen LogP contribution < -0.4 is 11.6 Å². The highest BCUT2D eigenvalue weighted by molar-refractivity contribution is 5.79. The predicted molar refractivity (Wildman–Crippen MR) is 86.1 cm³/mol. The van der Waals surface area contributed by atoms with Gasteiger partial charge in [0.1, 0.15) is 5.84 Å². The van der Waals surface area contributed by atoms with Gasteiger partial charge in [-0.05, 0) is 6.42 Å². The predicted octanol–water partition coefficient (Wildman–Crippen LogP) is 4.70. The Balaban J connectivity index is 2.99. The largest absolute Gasteiger partial charge is 0.386 e. The number of unbranched alkanes of at least 4 members (excludes halogenated alkanes) is 12. The lowest BCUT2D eigenvalue weighted by molar-refractivity contribution is 0.541. The molecule has 0 aromatic heterocycles. The number of hydrogen-bond donors (Lipinski definition) is 2. The zero-order chi connectivity index (χ0) is 14.2. The molecule has 0 atom stereocenters. The quantitative estimate of drug-likeness (QED) is 0.158. The van der Waals surface area contributed by atoms with Crippen LogP contribution in [0.2, 0.25) is 0 Å². The van der Waals surface area contributed by atoms with E-state index in [9.17, 15) is 0 Å². The lowest BCUT2D eigenvalue weighted by Crippen LogP contribution is -2.13. The molecule has 114 valence electrons. The van der Waals surface area contributed by atoms with Crippen LogP contribution in [-0.2, 0) is 0 Å². The fourth-order valence-corrected chi connectivity index (χ4v) is 2.39. The number of nitrogens with zero attached hydrogens (tertiary/aromatic N) is 1. The highest BCUT2D eigenvalue weighted by atomic mass is 15.1. The Kier molecular flexibility index (Phi) is 14.7. The molecule has 0 saturated carbocycles. The first kappa shape index (κ1) is 18.3. The molecule has 0 aromatic carbocycles. The summed E-state index contributed by atoms with van der Waals surface area (Å²) in [6.45, 7) is 2.27. The summed E-state index contributed by atoms with van der Waals surface area (Å²) in [5.41, 5.74) is 5.54. The molecule has 0 radical (unpaired) electrons. The summed E-state index contributed by atoms with van der Waals surface area (Å²) in [5, 5.41) is 3.48. The maximum absolute atomic E-state index is 5.54. The van der Waals surface area contributed by atoms with Crippen LogP contribution in [0.3, 0.4) is 0 Å². The molecule has 0 aliphatic heterocycles. The second-order valence-electron chi connectivity index (χ2n) is 5.61. The van der Waals surface area contributed by atoms with Gasteiger partial charge in [0.05, 0.1) is 0 Å². The summed E-state index contributed by atoms with van der Waals surface area (Å²) >= 11 is 0. The van der Waals surface area contributed by atoms with Gasteiger partial charge in [0, 0.05) is 6.42 Å². The second kappa shape index (κ2) is 15.3. The van der Waals surface area contributed by atoms with E-state index >= 15 is 0 Å². The fourth-order valence-electron chi connectivity index (χ4n) is 2.39. The molecule has 0 fully saturated rings. The smallest absolute Gasteiger partial charge is 0.119 e. The summed E-state index contributed by atoms with van der Waals surface area (Å²) in [7, 11) is 0. The number of nitrogens with two attached hydrogens (primary N) is 2. The van der Waals surface area contributed by atoms with Gasteiger partial charge in [0.2, 0.25) is 0 Å². The molecule has 0 spiro atoms. The Morgan fingerprint density at radius 2 is 1.05 bits per heavy atom. The molecule has 0 heterocycles. The van der Waals surface area contributed by atoms with Crippen LogP contribution in [0.15, 0.2) is 5.10 Å². The van der Waals surface area contributed by atoms with Crippen molar-refractivity contribution in [1.29, 1.82) is 0 Å². The lowest BCUT2D eigenvalue weighted by Gasteiger charge is -2.03. The first-order valence-electron chi connectivity index (χ1n) is 8.33. The van der Waals surface area contributed by atoms with Crippen molar-refractivity contribution in [3.8, 4) is 0 Å². The van der Waals surface area contributed by atoms with Crippen LogP contribution in [0.25, 0.3) is 0 Å². The van der Waals surface area contributed by atoms with E-state index in [0.717, 1.165) is 12.8 Å². The van der Waals surface area contributed by atoms with Crippen LogP contribution in [-0.4, -0.2) is 5.84 Å². The topological polar surface area (TPSA) is 64.4 Å². The van der Waals surface area contributed by atoms with E-state index in [4.69, 9.17) is 11.6 Å². The SMILES string of the molecule is CCCCCCCCCCCCCCC/C(N)=N/N. The standard InChI is InChI=1S/C16H35N3/c1-2-3-4-5-6-7-8-9-10-11-12-13-14-15-16(17)19-18/h2-15,18H2,1H3,(H2,17,19). The minimum atomic E-state index is 0.586. The Labute approximate surface area is 120 Å². The summed E-state index contributed by atoms with van der Waals surface area (Å²) < 4.78 is 0. The van der Waals surface area contributed by atoms with Crippen LogP contribution in [0.5, 0.6) is 0 Å². The summed E-state index contributed by atoms with van der Waals surface area (Å²) in [6, 6.07) is 0. The van der Waals surface area contributed by atoms with Crippen molar-refractivity contribution in [2.24, 2.45) is 16.7 Å². The molecule has 0 rings (SSSR count). The van der Waals surface area contributed by atoms with E-state index in [2.05, 4.69) is 12.0 Å². The molecule has 3 heteroatoms. The van der Waals surface area contributed by atoms with Crippen molar-refractivity contribution in [3.05, 3.63) is 0 Å². The summed E-state index contributed by atoms with van der Waals surface area (Å²) in [4.78, 5) is 0. The van der Waals surface area contributed by atoms with Gasteiger partial charge in [-0.3, -0.25) is 0 Å². The zero-order valence-corrected chi connectivity index (χ0v) is 13.0. The molecule has 0 bridgehead atoms. The van der Waals surface area contributed by atoms with Gasteiger partial charge in [0.25, 0.3) is 0 Å². The monoisotopic (exact) mass is 269 g/mol. The van der Waals surface area contributed by atoms with Gasteiger partial charge in [-0.15, -0.1) is 0 Å². The Bertz CT molecular complexity index is 202. The lowest BCUT2D eigenvalue weighted by atomic mass is 10.0. The first-order valence-corrected chi connectivity index (χ1v) is 8.33. The first-order chi connectivity index (χ1) is 9.31. The van der Waals surface area contributed by atoms with Crippen LogP contribution >= 0.6 is 0 Å². The molecule has 19 heavy (non-hydrogen) atoms. The summed E-state index contributed by atoms with van der Waals surface area (Å²) in [5.74, 6) is 5.67. The Hall–Kier alpha value is -0.730. The molecule has 3 nitrogen and oxygen atoms in total. The normalized spacial score (nSPS) is 11.9. The van der Waals surface area contributed by atoms with Crippen molar-refractivity contribution < 1.29 is 0 Å². The highest BCUT2D eigenvalue weighted by Crippen LogP contribution is 2.12. The minimum Gasteiger partial charge on any atom is -0.386 e. The van der Waals surface area contributed by atoms with Gasteiger partial charge in [-0.25, -0.2) is 0 Å². The molecule has 0 aliphatic carbocycles. The van der Waals surface area contributed by atoms with E-state index in [1.54, 1.807) is 0 Å². The van der Waals surface area contributed by atoms with E-state index in [1.165, 1.54) is 77.0 Å². The number of hydrazone groups is 1. The molecule has 0 aliphatic rings. The van der Waals surface area contributed by atoms with Crippen LogP contribution in [0.1, 0.15) is 96.8 Å². The van der Waals surface area contributed by atoms with Crippen molar-refractivity contribution in [2.75, 3.05) is 0 Å². The van der Waals surface area contributed by atoms with Gasteiger partial charge >= 0.3 is 0 Å². The zero-order valence-electron chi connectivity index (χ0n) is 13.0. The van der Waals surface area contributed by atoms with Crippen LogP contribution in [0.4, 0.5) is 0 Å². The maximum atomic E-state index is 5.54. The van der Waals surface area contributed by atoms with E-state index in [-0.39, 0.29) is 0 Å². The molecule has 0 saturated heterocycles. The van der Waals surface area contributed by atoms with Gasteiger partial charge in [-0.2, -0.15) is 5.10 Å². The van der Waals surface area contributed by atoms with E-state index < -0.39 is 0 Å². The number of amidine groups is 1. The second-order valence-corrected chi connectivity index (χ2v) is 5.61.